The minimum Gasteiger partial charge on any atom is -0.391 e. The van der Waals surface area contributed by atoms with Gasteiger partial charge < -0.3 is 5.11 Å². The number of hydrogen-bond donors (Lipinski definition) is 1. The molecule has 1 heterocycles. The second kappa shape index (κ2) is 5.42. The first kappa shape index (κ1) is 12.4. The van der Waals surface area contributed by atoms with Crippen LogP contribution in [0.5, 0.6) is 0 Å². The monoisotopic (exact) mass is 238 g/mol. The Hall–Kier alpha value is -0.680. The summed E-state index contributed by atoms with van der Waals surface area (Å²) in [5.74, 6) is 0. The summed E-state index contributed by atoms with van der Waals surface area (Å²) in [7, 11) is 0. The van der Waals surface area contributed by atoms with Crippen LogP contribution in [0, 0.1) is 0 Å². The molecule has 0 unspecified atom stereocenters. The maximum absolute atomic E-state index is 12.5. The fourth-order valence-corrected chi connectivity index (χ4v) is 1.55. The fraction of sp³-hybridized carbons (Fsp3) is 0.667. The Morgan fingerprint density at radius 2 is 2.20 bits per heavy atom. The third-order valence-corrected chi connectivity index (χ3v) is 2.52. The maximum Gasteiger partial charge on any atom is 0.282 e. The van der Waals surface area contributed by atoms with Crippen molar-refractivity contribution in [3.8, 4) is 0 Å². The zero-order valence-corrected chi connectivity index (χ0v) is 9.14. The first-order valence-corrected chi connectivity index (χ1v) is 5.13. The molecule has 3 nitrogen and oxygen atoms in total. The summed E-state index contributed by atoms with van der Waals surface area (Å²) in [6, 6.07) is 0. The molecule has 0 amide bonds. The van der Waals surface area contributed by atoms with E-state index in [1.165, 1.54) is 4.68 Å². The van der Waals surface area contributed by atoms with Crippen molar-refractivity contribution in [1.82, 2.24) is 9.78 Å². The zero-order valence-electron chi connectivity index (χ0n) is 8.38. The molecular weight excluding hydrogens is 226 g/mol. The van der Waals surface area contributed by atoms with Crippen LogP contribution in [0.4, 0.5) is 8.78 Å². The van der Waals surface area contributed by atoms with Gasteiger partial charge in [-0.05, 0) is 6.42 Å². The van der Waals surface area contributed by atoms with Crippen LogP contribution >= 0.6 is 11.6 Å². The molecule has 86 valence electrons. The second-order valence-electron chi connectivity index (χ2n) is 3.19. The molecule has 0 radical (unpaired) electrons. The number of alkyl halides is 2. The number of rotatable bonds is 5. The third-order valence-electron chi connectivity index (χ3n) is 2.10. The molecule has 0 saturated heterocycles. The lowest BCUT2D eigenvalue weighted by atomic mass is 10.2. The average molecular weight is 239 g/mol. The van der Waals surface area contributed by atoms with Crippen LogP contribution in [0.1, 0.15) is 37.4 Å². The van der Waals surface area contributed by atoms with Gasteiger partial charge in [-0.15, -0.1) is 0 Å². The summed E-state index contributed by atoms with van der Waals surface area (Å²) in [5.41, 5.74) is -0.388. The van der Waals surface area contributed by atoms with Crippen LogP contribution < -0.4 is 0 Å². The summed E-state index contributed by atoms with van der Waals surface area (Å²) in [5, 5.41) is 12.7. The Kier molecular flexibility index (Phi) is 4.47. The van der Waals surface area contributed by atoms with E-state index < -0.39 is 18.7 Å². The number of aliphatic hydroxyl groups is 1. The Bertz CT molecular complexity index is 328. The van der Waals surface area contributed by atoms with Gasteiger partial charge in [0, 0.05) is 12.1 Å². The Morgan fingerprint density at radius 1 is 1.53 bits per heavy atom. The minimum atomic E-state index is -2.70. The highest BCUT2D eigenvalue weighted by Gasteiger charge is 2.22. The topological polar surface area (TPSA) is 38.0 Å². The maximum atomic E-state index is 12.5. The van der Waals surface area contributed by atoms with E-state index in [9.17, 15) is 8.78 Å². The smallest absolute Gasteiger partial charge is 0.282 e. The van der Waals surface area contributed by atoms with E-state index in [0.29, 0.717) is 6.54 Å². The van der Waals surface area contributed by atoms with Crippen LogP contribution in [0.25, 0.3) is 0 Å². The highest BCUT2D eigenvalue weighted by atomic mass is 35.5. The molecule has 0 saturated carbocycles. The summed E-state index contributed by atoms with van der Waals surface area (Å²) in [6.45, 7) is 1.97. The first-order chi connectivity index (χ1) is 7.11. The zero-order chi connectivity index (χ0) is 11.4. The van der Waals surface area contributed by atoms with Crippen LogP contribution in [-0.4, -0.2) is 14.9 Å². The molecule has 0 atom stereocenters. The van der Waals surface area contributed by atoms with Gasteiger partial charge in [-0.1, -0.05) is 24.9 Å². The van der Waals surface area contributed by atoms with Crippen molar-refractivity contribution in [2.75, 3.05) is 0 Å². The molecule has 15 heavy (non-hydrogen) atoms. The predicted molar refractivity (Wildman–Crippen MR) is 53.0 cm³/mol. The number of aliphatic hydroxyl groups excluding tert-OH is 1. The van der Waals surface area contributed by atoms with Gasteiger partial charge in [-0.2, -0.15) is 5.10 Å². The van der Waals surface area contributed by atoms with Crippen molar-refractivity contribution >= 4 is 11.6 Å². The molecule has 6 heteroatoms. The lowest BCUT2D eigenvalue weighted by molar-refractivity contribution is 0.141. The van der Waals surface area contributed by atoms with Crippen LogP contribution in [-0.2, 0) is 13.2 Å². The van der Waals surface area contributed by atoms with Crippen molar-refractivity contribution in [1.29, 1.82) is 0 Å². The molecule has 0 spiro atoms. The van der Waals surface area contributed by atoms with E-state index in [2.05, 4.69) is 5.10 Å². The molecule has 0 aliphatic carbocycles. The summed E-state index contributed by atoms with van der Waals surface area (Å²) in [4.78, 5) is 0. The van der Waals surface area contributed by atoms with E-state index in [0.717, 1.165) is 12.8 Å². The van der Waals surface area contributed by atoms with Crippen molar-refractivity contribution in [3.05, 3.63) is 16.4 Å². The number of hydrogen-bond acceptors (Lipinski definition) is 2. The molecule has 1 N–H and O–H groups in total. The number of halogens is 3. The third kappa shape index (κ3) is 2.66. The van der Waals surface area contributed by atoms with Crippen LogP contribution in [0.3, 0.4) is 0 Å². The van der Waals surface area contributed by atoms with Gasteiger partial charge in [0.15, 0.2) is 0 Å². The predicted octanol–water partition coefficient (Wildman–Crippen LogP) is 2.77. The van der Waals surface area contributed by atoms with Gasteiger partial charge >= 0.3 is 0 Å². The van der Waals surface area contributed by atoms with Gasteiger partial charge in [0.1, 0.15) is 10.8 Å². The molecule has 0 aliphatic heterocycles. The Labute approximate surface area is 91.7 Å². The molecule has 1 rings (SSSR count). The summed E-state index contributed by atoms with van der Waals surface area (Å²) >= 11 is 5.82. The van der Waals surface area contributed by atoms with Gasteiger partial charge in [0.05, 0.1) is 6.61 Å². The fourth-order valence-electron chi connectivity index (χ4n) is 1.27. The molecular formula is C9H13ClF2N2O. The van der Waals surface area contributed by atoms with Crippen LogP contribution in [0.15, 0.2) is 0 Å². The van der Waals surface area contributed by atoms with Gasteiger partial charge in [0.25, 0.3) is 6.43 Å². The van der Waals surface area contributed by atoms with Crippen molar-refractivity contribution in [2.24, 2.45) is 0 Å². The first-order valence-electron chi connectivity index (χ1n) is 4.75. The number of aryl methyl sites for hydroxylation is 1. The Morgan fingerprint density at radius 3 is 2.60 bits per heavy atom. The standard InChI is InChI=1S/C9H13ClF2N2O/c1-2-3-4-14-8(10)6(5-15)7(13-14)9(11)12/h9,15H,2-5H2,1H3. The van der Waals surface area contributed by atoms with Gasteiger partial charge in [-0.25, -0.2) is 8.78 Å². The van der Waals surface area contributed by atoms with Crippen molar-refractivity contribution in [2.45, 2.75) is 39.3 Å². The Balaban J connectivity index is 2.98. The summed E-state index contributed by atoms with van der Waals surface area (Å²) in [6.07, 6.45) is -0.962. The van der Waals surface area contributed by atoms with E-state index in [-0.39, 0.29) is 10.7 Å². The molecule has 0 aromatic carbocycles. The van der Waals surface area contributed by atoms with E-state index in [1.54, 1.807) is 0 Å². The second-order valence-corrected chi connectivity index (χ2v) is 3.55. The lowest BCUT2D eigenvalue weighted by Crippen LogP contribution is -2.00. The molecule has 0 fully saturated rings. The number of nitrogens with zero attached hydrogens (tertiary/aromatic N) is 2. The van der Waals surface area contributed by atoms with E-state index in [1.807, 2.05) is 6.92 Å². The molecule has 0 bridgehead atoms. The highest BCUT2D eigenvalue weighted by Crippen LogP contribution is 2.28. The largest absolute Gasteiger partial charge is 0.391 e. The lowest BCUT2D eigenvalue weighted by Gasteiger charge is -2.00. The minimum absolute atomic E-state index is 0.0303. The normalized spacial score (nSPS) is 11.3. The SMILES string of the molecule is CCCCn1nc(C(F)F)c(CO)c1Cl. The molecule has 1 aromatic rings. The molecule has 0 aliphatic rings. The van der Waals surface area contributed by atoms with E-state index in [4.69, 9.17) is 16.7 Å². The highest BCUT2D eigenvalue weighted by molar-refractivity contribution is 6.30. The number of unbranched alkanes of at least 4 members (excludes halogenated alkanes) is 1. The van der Waals surface area contributed by atoms with Crippen LogP contribution in [0.2, 0.25) is 5.15 Å². The van der Waals surface area contributed by atoms with Gasteiger partial charge in [0.2, 0.25) is 0 Å². The quantitative estimate of drug-likeness (QED) is 0.857. The van der Waals surface area contributed by atoms with E-state index >= 15 is 0 Å². The summed E-state index contributed by atoms with van der Waals surface area (Å²) < 4.78 is 26.3. The van der Waals surface area contributed by atoms with Crippen molar-refractivity contribution in [3.63, 3.8) is 0 Å². The van der Waals surface area contributed by atoms with Crippen molar-refractivity contribution < 1.29 is 13.9 Å². The van der Waals surface area contributed by atoms with Gasteiger partial charge in [-0.3, -0.25) is 4.68 Å². The molecule has 1 aromatic heterocycles. The number of aromatic nitrogens is 2. The average Bonchev–Trinajstić information content (AvgIpc) is 2.52.